The molecule has 1 N–H and O–H groups in total. The van der Waals surface area contributed by atoms with Crippen LogP contribution in [0.15, 0.2) is 35.5 Å². The van der Waals surface area contributed by atoms with Gasteiger partial charge in [0, 0.05) is 17.7 Å². The minimum Gasteiger partial charge on any atom is -0.386 e. The van der Waals surface area contributed by atoms with Crippen LogP contribution in [0.1, 0.15) is 25.0 Å². The Balaban J connectivity index is 1.64. The van der Waals surface area contributed by atoms with Crippen LogP contribution in [0.3, 0.4) is 0 Å². The quantitative estimate of drug-likeness (QED) is 0.666. The first kappa shape index (κ1) is 23.4. The van der Waals surface area contributed by atoms with Crippen LogP contribution in [0.25, 0.3) is 11.1 Å². The normalized spacial score (nSPS) is 25.3. The number of amidine groups is 1. The van der Waals surface area contributed by atoms with Crippen molar-refractivity contribution in [2.75, 3.05) is 19.3 Å². The van der Waals surface area contributed by atoms with Crippen LogP contribution in [0.5, 0.6) is 0 Å². The topological polar surface area (TPSA) is 71.0 Å². The maximum Gasteiger partial charge on any atom is 0.209 e. The fraction of sp³-hybridized carbons (Fsp3) is 0.381. The Morgan fingerprint density at radius 1 is 1.06 bits per heavy atom. The molecule has 3 atom stereocenters. The maximum atomic E-state index is 15.0. The molecule has 0 unspecified atom stereocenters. The van der Waals surface area contributed by atoms with Gasteiger partial charge >= 0.3 is 0 Å². The first-order chi connectivity index (χ1) is 15.4. The van der Waals surface area contributed by atoms with E-state index in [1.807, 2.05) is 0 Å². The van der Waals surface area contributed by atoms with E-state index in [0.29, 0.717) is 0 Å². The van der Waals surface area contributed by atoms with Gasteiger partial charge in [0.2, 0.25) is 10.0 Å². The summed E-state index contributed by atoms with van der Waals surface area (Å²) in [6, 6.07) is 3.45. The van der Waals surface area contributed by atoms with E-state index in [2.05, 4.69) is 9.88 Å². The van der Waals surface area contributed by atoms with Gasteiger partial charge in [0.25, 0.3) is 0 Å². The minimum atomic E-state index is -3.68. The molecule has 0 aliphatic carbocycles. The maximum absolute atomic E-state index is 15.0. The van der Waals surface area contributed by atoms with Crippen LogP contribution in [-0.4, -0.2) is 50.2 Å². The molecule has 1 saturated heterocycles. The molecule has 2 aromatic carbocycles. The van der Waals surface area contributed by atoms with Crippen LogP contribution in [0, 0.1) is 23.3 Å². The van der Waals surface area contributed by atoms with Gasteiger partial charge in [0.15, 0.2) is 6.10 Å². The number of nitrogens with zero attached hydrogens (tertiary/aromatic N) is 2. The van der Waals surface area contributed by atoms with Crippen LogP contribution in [0.4, 0.5) is 22.0 Å². The van der Waals surface area contributed by atoms with E-state index in [-0.39, 0.29) is 25.3 Å². The Morgan fingerprint density at radius 2 is 1.67 bits per heavy atom. The van der Waals surface area contributed by atoms with Crippen LogP contribution < -0.4 is 4.72 Å². The lowest BCUT2D eigenvalue weighted by molar-refractivity contribution is 0.0829. The summed E-state index contributed by atoms with van der Waals surface area (Å²) in [5.41, 5.74) is -3.72. The lowest BCUT2D eigenvalue weighted by Gasteiger charge is -2.20. The summed E-state index contributed by atoms with van der Waals surface area (Å²) < 4.78 is 98.6. The van der Waals surface area contributed by atoms with Crippen molar-refractivity contribution in [1.29, 1.82) is 0 Å². The molecular weight excluding hydrogens is 469 g/mol. The van der Waals surface area contributed by atoms with Crippen LogP contribution in [0.2, 0.25) is 0 Å². The number of hydrogen-bond acceptors (Lipinski definition) is 5. The Bertz CT molecular complexity index is 1220. The molecule has 2 heterocycles. The van der Waals surface area contributed by atoms with Crippen molar-refractivity contribution < 1.29 is 35.2 Å². The Labute approximate surface area is 187 Å². The highest BCUT2D eigenvalue weighted by atomic mass is 32.2. The van der Waals surface area contributed by atoms with Crippen molar-refractivity contribution in [2.45, 2.75) is 31.2 Å². The molecule has 2 aliphatic rings. The molecule has 0 saturated carbocycles. The van der Waals surface area contributed by atoms with Gasteiger partial charge in [-0.3, -0.25) is 0 Å². The zero-order valence-electron chi connectivity index (χ0n) is 17.6. The second-order valence-corrected chi connectivity index (χ2v) is 10.1. The summed E-state index contributed by atoms with van der Waals surface area (Å²) >= 11 is 0. The molecule has 1 fully saturated rings. The third kappa shape index (κ3) is 4.54. The van der Waals surface area contributed by atoms with Crippen LogP contribution >= 0.6 is 0 Å². The number of sulfonamides is 1. The third-order valence-electron chi connectivity index (χ3n) is 5.68. The van der Waals surface area contributed by atoms with Gasteiger partial charge in [-0.25, -0.2) is 35.1 Å². The highest BCUT2D eigenvalue weighted by Gasteiger charge is 2.47. The smallest absolute Gasteiger partial charge is 0.209 e. The van der Waals surface area contributed by atoms with E-state index in [4.69, 9.17) is 4.84 Å². The van der Waals surface area contributed by atoms with E-state index in [0.717, 1.165) is 36.6 Å². The van der Waals surface area contributed by atoms with Gasteiger partial charge in [-0.15, -0.1) is 0 Å². The molecule has 178 valence electrons. The molecule has 4 rings (SSSR count). The number of oxime groups is 1. The monoisotopic (exact) mass is 489 g/mol. The molecule has 0 bridgehead atoms. The molecule has 6 nitrogen and oxygen atoms in total. The van der Waals surface area contributed by atoms with Crippen molar-refractivity contribution in [3.05, 3.63) is 59.2 Å². The Morgan fingerprint density at radius 3 is 2.30 bits per heavy atom. The summed E-state index contributed by atoms with van der Waals surface area (Å²) in [6.07, 6.45) is -0.475. The number of nitrogens with one attached hydrogen (secondary N) is 1. The summed E-state index contributed by atoms with van der Waals surface area (Å²) in [4.78, 5) is 6.71. The van der Waals surface area contributed by atoms with E-state index in [1.165, 1.54) is 11.8 Å². The SMILES string of the molecule is C[C@@]1(F)CN(C2=NO[C@@H](c3c(F)ccc(F)c3-c3c(F)cccc3F)C2)C[C@@H]1NS(C)(=O)=O. The summed E-state index contributed by atoms with van der Waals surface area (Å²) in [7, 11) is -3.68. The fourth-order valence-corrected chi connectivity index (χ4v) is 4.99. The molecule has 33 heavy (non-hydrogen) atoms. The van der Waals surface area contributed by atoms with Gasteiger partial charge < -0.3 is 9.74 Å². The predicted molar refractivity (Wildman–Crippen MR) is 110 cm³/mol. The largest absolute Gasteiger partial charge is 0.386 e. The Hall–Kier alpha value is -2.73. The van der Waals surface area contributed by atoms with E-state index in [1.54, 1.807) is 0 Å². The summed E-state index contributed by atoms with van der Waals surface area (Å²) in [6.45, 7) is 0.931. The number of likely N-dealkylation sites (tertiary alicyclic amines) is 1. The van der Waals surface area contributed by atoms with E-state index < -0.39 is 67.8 Å². The number of benzene rings is 2. The van der Waals surface area contributed by atoms with Crippen molar-refractivity contribution in [3.8, 4) is 11.1 Å². The van der Waals surface area contributed by atoms with Gasteiger partial charge in [-0.05, 0) is 31.2 Å². The van der Waals surface area contributed by atoms with E-state index in [9.17, 15) is 30.4 Å². The molecule has 0 amide bonds. The molecule has 2 aliphatic heterocycles. The lowest BCUT2D eigenvalue weighted by atomic mass is 9.93. The van der Waals surface area contributed by atoms with Gasteiger partial charge in [-0.2, -0.15) is 0 Å². The van der Waals surface area contributed by atoms with Crippen LogP contribution in [-0.2, 0) is 14.9 Å². The van der Waals surface area contributed by atoms with Gasteiger partial charge in [0.05, 0.1) is 30.8 Å². The van der Waals surface area contributed by atoms with Crippen molar-refractivity contribution >= 4 is 15.9 Å². The molecule has 0 aromatic heterocycles. The van der Waals surface area contributed by atoms with Crippen molar-refractivity contribution in [3.63, 3.8) is 0 Å². The lowest BCUT2D eigenvalue weighted by Crippen LogP contribution is -2.47. The van der Waals surface area contributed by atoms with Crippen molar-refractivity contribution in [1.82, 2.24) is 9.62 Å². The van der Waals surface area contributed by atoms with Gasteiger partial charge in [0.1, 0.15) is 34.8 Å². The molecule has 0 radical (unpaired) electrons. The number of rotatable bonds is 4. The average Bonchev–Trinajstić information content (AvgIpc) is 3.28. The average molecular weight is 489 g/mol. The summed E-state index contributed by atoms with van der Waals surface area (Å²) in [5, 5.41) is 3.84. The summed E-state index contributed by atoms with van der Waals surface area (Å²) in [5.74, 6) is -4.00. The number of alkyl halides is 1. The van der Waals surface area contributed by atoms with E-state index >= 15 is 0 Å². The highest BCUT2D eigenvalue weighted by molar-refractivity contribution is 7.88. The molecule has 0 spiro atoms. The van der Waals surface area contributed by atoms with Gasteiger partial charge in [-0.1, -0.05) is 11.2 Å². The first-order valence-electron chi connectivity index (χ1n) is 9.93. The number of hydrogen-bond donors (Lipinski definition) is 1. The highest BCUT2D eigenvalue weighted by Crippen LogP contribution is 2.41. The predicted octanol–water partition coefficient (Wildman–Crippen LogP) is 3.65. The second kappa shape index (κ2) is 8.24. The number of halogens is 5. The zero-order valence-corrected chi connectivity index (χ0v) is 18.4. The Kier molecular flexibility index (Phi) is 5.85. The van der Waals surface area contributed by atoms with Crippen molar-refractivity contribution in [2.24, 2.45) is 5.16 Å². The minimum absolute atomic E-state index is 0.0740. The zero-order chi connectivity index (χ0) is 24.1. The molecular formula is C21H20F5N3O3S. The standard InChI is InChI=1S/C21H20F5N3O3S/c1-21(26)10-29(9-16(21)28-33(2,30)31)17-8-15(32-27-17)19-13(24)6-7-14(25)20(19)18-11(22)4-3-5-12(18)23/h3-7,15-16,28H,8-10H2,1-2H3/t15-,16+,21-/m1/s1. The molecule has 2 aromatic rings. The molecule has 12 heteroatoms. The third-order valence-corrected chi connectivity index (χ3v) is 6.39. The fourth-order valence-electron chi connectivity index (χ4n) is 4.15. The second-order valence-electron chi connectivity index (χ2n) is 8.32. The first-order valence-corrected chi connectivity index (χ1v) is 11.8.